The smallest absolute Gasteiger partial charge is 0.322 e. The average Bonchev–Trinajstić information content (AvgIpc) is 2.33. The van der Waals surface area contributed by atoms with Crippen molar-refractivity contribution < 1.29 is 9.53 Å². The molecule has 1 heterocycles. The van der Waals surface area contributed by atoms with Crippen LogP contribution in [0.2, 0.25) is 5.28 Å². The number of carbonyl (C=O) groups excluding carboxylic acids is 1. The molecular weight excluding hydrogens is 270 g/mol. The second kappa shape index (κ2) is 7.08. The number of aromatic nitrogens is 3. The van der Waals surface area contributed by atoms with E-state index in [1.807, 2.05) is 13.8 Å². The van der Waals surface area contributed by atoms with E-state index in [2.05, 4.69) is 20.3 Å². The Hall–Kier alpha value is -1.63. The van der Waals surface area contributed by atoms with E-state index < -0.39 is 0 Å². The maximum atomic E-state index is 11.2. The van der Waals surface area contributed by atoms with Gasteiger partial charge < -0.3 is 15.0 Å². The third kappa shape index (κ3) is 5.25. The number of ether oxygens (including phenoxy) is 1. The molecule has 0 bridgehead atoms. The molecule has 0 atom stereocenters. The van der Waals surface area contributed by atoms with E-state index in [4.69, 9.17) is 16.3 Å². The number of carbonyl (C=O) groups is 1. The maximum absolute atomic E-state index is 11.2. The molecule has 106 valence electrons. The fraction of sp³-hybridized carbons (Fsp3) is 0.636. The quantitative estimate of drug-likeness (QED) is 0.837. The van der Waals surface area contributed by atoms with Gasteiger partial charge in [0.25, 0.3) is 0 Å². The molecule has 0 aromatic carbocycles. The van der Waals surface area contributed by atoms with Crippen molar-refractivity contribution in [2.45, 2.75) is 26.4 Å². The Morgan fingerprint density at radius 3 is 2.68 bits per heavy atom. The summed E-state index contributed by atoms with van der Waals surface area (Å²) in [7, 11) is 3.37. The molecule has 7 nitrogen and oxygen atoms in total. The lowest BCUT2D eigenvalue weighted by molar-refractivity contribution is -0.120. The van der Waals surface area contributed by atoms with Gasteiger partial charge in [-0.05, 0) is 25.4 Å². The van der Waals surface area contributed by atoms with Crippen molar-refractivity contribution in [1.82, 2.24) is 20.3 Å². The zero-order valence-electron chi connectivity index (χ0n) is 11.5. The van der Waals surface area contributed by atoms with Gasteiger partial charge in [0.05, 0.1) is 6.10 Å². The first-order valence-corrected chi connectivity index (χ1v) is 6.30. The van der Waals surface area contributed by atoms with Gasteiger partial charge >= 0.3 is 6.01 Å². The molecule has 1 aromatic heterocycles. The highest BCUT2D eigenvalue weighted by Gasteiger charge is 2.12. The van der Waals surface area contributed by atoms with Crippen LogP contribution in [0.5, 0.6) is 6.01 Å². The Balaban J connectivity index is 2.75. The van der Waals surface area contributed by atoms with Crippen LogP contribution >= 0.6 is 11.6 Å². The Labute approximate surface area is 117 Å². The van der Waals surface area contributed by atoms with Crippen molar-refractivity contribution in [3.63, 3.8) is 0 Å². The molecule has 8 heteroatoms. The lowest BCUT2D eigenvalue weighted by Gasteiger charge is -2.17. The number of nitrogens with zero attached hydrogens (tertiary/aromatic N) is 4. The number of amides is 1. The zero-order chi connectivity index (χ0) is 14.4. The van der Waals surface area contributed by atoms with Gasteiger partial charge in [0.15, 0.2) is 0 Å². The van der Waals surface area contributed by atoms with Gasteiger partial charge in [0, 0.05) is 27.1 Å². The fourth-order valence-corrected chi connectivity index (χ4v) is 1.40. The van der Waals surface area contributed by atoms with Crippen LogP contribution in [-0.2, 0) is 4.79 Å². The van der Waals surface area contributed by atoms with Gasteiger partial charge in [-0.3, -0.25) is 4.79 Å². The largest absolute Gasteiger partial charge is 0.461 e. The van der Waals surface area contributed by atoms with Crippen molar-refractivity contribution in [2.75, 3.05) is 25.5 Å². The second-order valence-corrected chi connectivity index (χ2v) is 4.54. The molecule has 0 fully saturated rings. The van der Waals surface area contributed by atoms with E-state index >= 15 is 0 Å². The van der Waals surface area contributed by atoms with E-state index in [0.717, 1.165) is 0 Å². The van der Waals surface area contributed by atoms with Gasteiger partial charge in [-0.25, -0.2) is 0 Å². The average molecular weight is 288 g/mol. The maximum Gasteiger partial charge on any atom is 0.322 e. The number of nitrogens with one attached hydrogen (secondary N) is 1. The molecule has 0 saturated carbocycles. The summed E-state index contributed by atoms with van der Waals surface area (Å²) in [4.78, 5) is 24.9. The van der Waals surface area contributed by atoms with Crippen molar-refractivity contribution in [1.29, 1.82) is 0 Å². The van der Waals surface area contributed by atoms with Crippen LogP contribution in [-0.4, -0.2) is 47.6 Å². The summed E-state index contributed by atoms with van der Waals surface area (Å²) in [6, 6.07) is 0.178. The minimum Gasteiger partial charge on any atom is -0.461 e. The highest BCUT2D eigenvalue weighted by atomic mass is 35.5. The SMILES string of the molecule is CNC(=O)CCN(C)c1nc(Cl)nc(OC(C)C)n1. The monoisotopic (exact) mass is 287 g/mol. The van der Waals surface area contributed by atoms with Gasteiger partial charge in [-0.1, -0.05) is 0 Å². The van der Waals surface area contributed by atoms with Gasteiger partial charge in [-0.15, -0.1) is 0 Å². The third-order valence-electron chi connectivity index (χ3n) is 2.21. The van der Waals surface area contributed by atoms with E-state index in [-0.39, 0.29) is 23.3 Å². The van der Waals surface area contributed by atoms with Gasteiger partial charge in [0.2, 0.25) is 17.1 Å². The first-order chi connectivity index (χ1) is 8.92. The molecule has 1 rings (SSSR count). The summed E-state index contributed by atoms with van der Waals surface area (Å²) in [6.07, 6.45) is 0.291. The molecule has 0 spiro atoms. The summed E-state index contributed by atoms with van der Waals surface area (Å²) in [5.74, 6) is 0.324. The molecule has 0 aliphatic carbocycles. The molecular formula is C11H18ClN5O2. The summed E-state index contributed by atoms with van der Waals surface area (Å²) in [5.41, 5.74) is 0. The first kappa shape index (κ1) is 15.4. The van der Waals surface area contributed by atoms with Crippen molar-refractivity contribution in [2.24, 2.45) is 0 Å². The number of halogens is 1. The Morgan fingerprint density at radius 2 is 2.11 bits per heavy atom. The van der Waals surface area contributed by atoms with Crippen molar-refractivity contribution in [3.05, 3.63) is 5.28 Å². The number of anilines is 1. The van der Waals surface area contributed by atoms with Crippen LogP contribution < -0.4 is 15.0 Å². The molecule has 1 amide bonds. The molecule has 1 N–H and O–H groups in total. The Kier molecular flexibility index (Phi) is 5.75. The van der Waals surface area contributed by atoms with Crippen LogP contribution in [0.15, 0.2) is 0 Å². The van der Waals surface area contributed by atoms with Crippen LogP contribution in [0, 0.1) is 0 Å². The third-order valence-corrected chi connectivity index (χ3v) is 2.38. The number of rotatable bonds is 6. The standard InChI is InChI=1S/C11H18ClN5O2/c1-7(2)19-11-15-9(12)14-10(16-11)17(4)6-5-8(18)13-3/h7H,5-6H2,1-4H3,(H,13,18). The molecule has 0 aliphatic heterocycles. The molecule has 19 heavy (non-hydrogen) atoms. The number of hydrogen-bond donors (Lipinski definition) is 1. The molecule has 0 unspecified atom stereocenters. The second-order valence-electron chi connectivity index (χ2n) is 4.20. The lowest BCUT2D eigenvalue weighted by Crippen LogP contribution is -2.27. The summed E-state index contributed by atoms with van der Waals surface area (Å²) >= 11 is 5.82. The molecule has 0 aliphatic rings. The van der Waals surface area contributed by atoms with Crippen LogP contribution in [0.1, 0.15) is 20.3 Å². The topological polar surface area (TPSA) is 80.2 Å². The summed E-state index contributed by atoms with van der Waals surface area (Å²) < 4.78 is 5.38. The Morgan fingerprint density at radius 1 is 1.42 bits per heavy atom. The number of hydrogen-bond acceptors (Lipinski definition) is 6. The molecule has 0 radical (unpaired) electrons. The van der Waals surface area contributed by atoms with E-state index in [9.17, 15) is 4.79 Å². The van der Waals surface area contributed by atoms with E-state index in [1.54, 1.807) is 19.0 Å². The molecule has 1 aromatic rings. The highest BCUT2D eigenvalue weighted by Crippen LogP contribution is 2.15. The van der Waals surface area contributed by atoms with Crippen LogP contribution in [0.3, 0.4) is 0 Å². The predicted octanol–water partition coefficient (Wildman–Crippen LogP) is 0.884. The summed E-state index contributed by atoms with van der Waals surface area (Å²) in [5, 5.41) is 2.61. The minimum atomic E-state index is -0.0532. The van der Waals surface area contributed by atoms with E-state index in [1.165, 1.54) is 0 Å². The zero-order valence-corrected chi connectivity index (χ0v) is 12.2. The Bertz CT molecular complexity index is 441. The highest BCUT2D eigenvalue weighted by molar-refractivity contribution is 6.28. The van der Waals surface area contributed by atoms with Crippen LogP contribution in [0.4, 0.5) is 5.95 Å². The fourth-order valence-electron chi connectivity index (χ4n) is 1.25. The normalized spacial score (nSPS) is 10.4. The predicted molar refractivity (Wildman–Crippen MR) is 72.6 cm³/mol. The first-order valence-electron chi connectivity index (χ1n) is 5.92. The minimum absolute atomic E-state index is 0.0503. The van der Waals surface area contributed by atoms with Crippen molar-refractivity contribution in [3.8, 4) is 6.01 Å². The van der Waals surface area contributed by atoms with Gasteiger partial charge in [0.1, 0.15) is 0 Å². The lowest BCUT2D eigenvalue weighted by atomic mass is 10.4. The van der Waals surface area contributed by atoms with Crippen LogP contribution in [0.25, 0.3) is 0 Å². The van der Waals surface area contributed by atoms with E-state index in [0.29, 0.717) is 18.9 Å². The summed E-state index contributed by atoms with van der Waals surface area (Å²) in [6.45, 7) is 4.21. The van der Waals surface area contributed by atoms with Gasteiger partial charge in [-0.2, -0.15) is 15.0 Å². The molecule has 0 saturated heterocycles. The van der Waals surface area contributed by atoms with Crippen molar-refractivity contribution >= 4 is 23.5 Å².